The van der Waals surface area contributed by atoms with Crippen molar-refractivity contribution >= 4 is 9.84 Å². The van der Waals surface area contributed by atoms with Gasteiger partial charge in [0.15, 0.2) is 9.84 Å². The summed E-state index contributed by atoms with van der Waals surface area (Å²) in [5, 5.41) is -0.455. The molecule has 0 amide bonds. The van der Waals surface area contributed by atoms with Gasteiger partial charge in [-0.05, 0) is 26.6 Å². The van der Waals surface area contributed by atoms with E-state index < -0.39 is 15.1 Å². The maximum Gasteiger partial charge on any atom is 0.158 e. The molecule has 0 bridgehead atoms. The van der Waals surface area contributed by atoms with Crippen molar-refractivity contribution in [3.05, 3.63) is 35.9 Å². The highest BCUT2D eigenvalue weighted by Gasteiger charge is 2.31. The molecule has 2 atom stereocenters. The van der Waals surface area contributed by atoms with Crippen LogP contribution in [0.1, 0.15) is 24.7 Å². The summed E-state index contributed by atoms with van der Waals surface area (Å²) in [4.78, 5) is 1.95. The number of benzene rings is 1. The Hall–Kier alpha value is -0.870. The summed E-state index contributed by atoms with van der Waals surface area (Å²) < 4.78 is 24.4. The Bertz CT molecular complexity index is 440. The van der Waals surface area contributed by atoms with E-state index >= 15 is 0 Å². The smallest absolute Gasteiger partial charge is 0.158 e. The largest absolute Gasteiger partial charge is 0.305 e. The summed E-state index contributed by atoms with van der Waals surface area (Å²) in [6, 6.07) is 9.41. The minimum Gasteiger partial charge on any atom is -0.305 e. The predicted molar refractivity (Wildman–Crippen MR) is 71.8 cm³/mol. The van der Waals surface area contributed by atoms with E-state index in [1.165, 1.54) is 0 Å². The average Bonchev–Trinajstić information content (AvgIpc) is 2.30. The highest BCUT2D eigenvalue weighted by atomic mass is 32.2. The molecular formula is C13H21NO2S. The topological polar surface area (TPSA) is 37.4 Å². The van der Waals surface area contributed by atoms with Crippen molar-refractivity contribution < 1.29 is 8.42 Å². The molecule has 0 aromatic heterocycles. The third-order valence-electron chi connectivity index (χ3n) is 3.17. The van der Waals surface area contributed by atoms with Crippen LogP contribution in [-0.2, 0) is 9.84 Å². The molecule has 4 heteroatoms. The first-order valence-electron chi connectivity index (χ1n) is 5.83. The normalized spacial score (nSPS) is 15.8. The van der Waals surface area contributed by atoms with Crippen LogP contribution in [0.2, 0.25) is 0 Å². The fourth-order valence-electron chi connectivity index (χ4n) is 1.88. The summed E-state index contributed by atoms with van der Waals surface area (Å²) in [7, 11) is 0.718. The van der Waals surface area contributed by atoms with Gasteiger partial charge in [-0.3, -0.25) is 0 Å². The highest BCUT2D eigenvalue weighted by molar-refractivity contribution is 7.91. The van der Waals surface area contributed by atoms with E-state index in [0.717, 1.165) is 5.56 Å². The molecule has 0 spiro atoms. The van der Waals surface area contributed by atoms with Gasteiger partial charge in [-0.25, -0.2) is 8.42 Å². The molecule has 0 saturated carbocycles. The van der Waals surface area contributed by atoms with Crippen LogP contribution in [0.3, 0.4) is 0 Å². The van der Waals surface area contributed by atoms with Crippen molar-refractivity contribution in [2.45, 2.75) is 25.1 Å². The average molecular weight is 255 g/mol. The Labute approximate surface area is 104 Å². The van der Waals surface area contributed by atoms with Crippen molar-refractivity contribution in [3.63, 3.8) is 0 Å². The predicted octanol–water partition coefficient (Wildman–Crippen LogP) is 2.11. The molecule has 0 N–H and O–H groups in total. The molecule has 1 aromatic rings. The summed E-state index contributed by atoms with van der Waals surface area (Å²) in [6.07, 6.45) is 0. The highest BCUT2D eigenvalue weighted by Crippen LogP contribution is 2.28. The first kappa shape index (κ1) is 14.2. The maximum absolute atomic E-state index is 12.2. The molecule has 1 aromatic carbocycles. The minimum atomic E-state index is -3.10. The van der Waals surface area contributed by atoms with Gasteiger partial charge in [0.05, 0.1) is 0 Å². The van der Waals surface area contributed by atoms with Gasteiger partial charge in [0.25, 0.3) is 0 Å². The molecule has 0 heterocycles. The summed E-state index contributed by atoms with van der Waals surface area (Å²) in [6.45, 7) is 3.65. The van der Waals surface area contributed by atoms with Crippen LogP contribution < -0.4 is 0 Å². The van der Waals surface area contributed by atoms with Gasteiger partial charge in [-0.2, -0.15) is 0 Å². The van der Waals surface area contributed by atoms with E-state index in [4.69, 9.17) is 0 Å². The first-order chi connectivity index (χ1) is 7.90. The van der Waals surface area contributed by atoms with E-state index in [-0.39, 0.29) is 11.8 Å². The van der Waals surface area contributed by atoms with E-state index in [0.29, 0.717) is 0 Å². The second kappa shape index (κ2) is 5.65. The minimum absolute atomic E-state index is 0.0395. The maximum atomic E-state index is 12.2. The lowest BCUT2D eigenvalue weighted by Gasteiger charge is -2.29. The number of hydrogen-bond donors (Lipinski definition) is 0. The van der Waals surface area contributed by atoms with Gasteiger partial charge in [-0.15, -0.1) is 0 Å². The van der Waals surface area contributed by atoms with Crippen molar-refractivity contribution in [2.75, 3.05) is 19.8 Å². The monoisotopic (exact) mass is 255 g/mol. The third kappa shape index (κ3) is 3.30. The molecule has 3 nitrogen and oxygen atoms in total. The van der Waals surface area contributed by atoms with Crippen molar-refractivity contribution in [2.24, 2.45) is 0 Å². The summed E-state index contributed by atoms with van der Waals surface area (Å²) in [5.41, 5.74) is 0.871. The SMILES string of the molecule is CCS(=O)(=O)C(c1ccccc1)[C@H](C)N(C)C. The number of nitrogens with zero attached hydrogens (tertiary/aromatic N) is 1. The number of hydrogen-bond acceptors (Lipinski definition) is 3. The summed E-state index contributed by atoms with van der Waals surface area (Å²) >= 11 is 0. The van der Waals surface area contributed by atoms with Crippen LogP contribution in [0.4, 0.5) is 0 Å². The molecular weight excluding hydrogens is 234 g/mol. The van der Waals surface area contributed by atoms with E-state index in [2.05, 4.69) is 0 Å². The third-order valence-corrected chi connectivity index (χ3v) is 5.41. The van der Waals surface area contributed by atoms with E-state index in [9.17, 15) is 8.42 Å². The van der Waals surface area contributed by atoms with Gasteiger partial charge in [-0.1, -0.05) is 37.3 Å². The Balaban J connectivity index is 3.22. The van der Waals surface area contributed by atoms with Gasteiger partial charge < -0.3 is 4.90 Å². The zero-order chi connectivity index (χ0) is 13.1. The molecule has 0 aliphatic rings. The second-order valence-corrected chi connectivity index (χ2v) is 6.90. The standard InChI is InChI=1S/C13H21NO2S/c1-5-17(15,16)13(11(2)14(3)4)12-9-7-6-8-10-12/h6-11,13H,5H2,1-4H3/t11-,13?/m0/s1. The van der Waals surface area contributed by atoms with Crippen LogP contribution >= 0.6 is 0 Å². The van der Waals surface area contributed by atoms with Crippen molar-refractivity contribution in [1.82, 2.24) is 4.90 Å². The van der Waals surface area contributed by atoms with Gasteiger partial charge in [0, 0.05) is 11.8 Å². The molecule has 0 fully saturated rings. The van der Waals surface area contributed by atoms with Crippen LogP contribution in [-0.4, -0.2) is 39.2 Å². The molecule has 96 valence electrons. The molecule has 0 aliphatic heterocycles. The van der Waals surface area contributed by atoms with Gasteiger partial charge in [0.1, 0.15) is 5.25 Å². The zero-order valence-electron chi connectivity index (χ0n) is 10.9. The molecule has 0 radical (unpaired) electrons. The molecule has 0 saturated heterocycles. The first-order valence-corrected chi connectivity index (χ1v) is 7.54. The number of sulfone groups is 1. The Kier molecular flexibility index (Phi) is 4.71. The molecule has 1 unspecified atom stereocenters. The van der Waals surface area contributed by atoms with E-state index in [1.54, 1.807) is 6.92 Å². The van der Waals surface area contributed by atoms with Crippen molar-refractivity contribution in [3.8, 4) is 0 Å². The Morgan fingerprint density at radius 1 is 1.18 bits per heavy atom. The molecule has 0 aliphatic carbocycles. The van der Waals surface area contributed by atoms with Gasteiger partial charge in [0.2, 0.25) is 0 Å². The molecule has 1 rings (SSSR count). The van der Waals surface area contributed by atoms with Gasteiger partial charge >= 0.3 is 0 Å². The Morgan fingerprint density at radius 3 is 2.12 bits per heavy atom. The van der Waals surface area contributed by atoms with Crippen LogP contribution in [0.15, 0.2) is 30.3 Å². The van der Waals surface area contributed by atoms with E-state index in [1.807, 2.05) is 56.3 Å². The Morgan fingerprint density at radius 2 is 1.71 bits per heavy atom. The number of likely N-dealkylation sites (N-methyl/N-ethyl adjacent to an activating group) is 1. The van der Waals surface area contributed by atoms with Crippen LogP contribution in [0.5, 0.6) is 0 Å². The van der Waals surface area contributed by atoms with Crippen LogP contribution in [0.25, 0.3) is 0 Å². The lowest BCUT2D eigenvalue weighted by molar-refractivity contribution is 0.302. The zero-order valence-corrected chi connectivity index (χ0v) is 11.7. The lowest BCUT2D eigenvalue weighted by Crippen LogP contribution is -2.36. The lowest BCUT2D eigenvalue weighted by atomic mass is 10.1. The molecule has 17 heavy (non-hydrogen) atoms. The quantitative estimate of drug-likeness (QED) is 0.808. The van der Waals surface area contributed by atoms with Crippen molar-refractivity contribution in [1.29, 1.82) is 0 Å². The fourth-order valence-corrected chi connectivity index (χ4v) is 3.65. The second-order valence-electron chi connectivity index (χ2n) is 4.49. The summed E-state index contributed by atoms with van der Waals surface area (Å²) in [5.74, 6) is 0.171. The number of rotatable bonds is 5. The van der Waals surface area contributed by atoms with Crippen LogP contribution in [0, 0.1) is 0 Å². The fraction of sp³-hybridized carbons (Fsp3) is 0.538.